The molecular weight excluding hydrogens is 279 g/mol. The molecule has 21 heavy (non-hydrogen) atoms. The summed E-state index contributed by atoms with van der Waals surface area (Å²) in [6, 6.07) is 1.62. The van der Waals surface area contributed by atoms with Crippen molar-refractivity contribution >= 4 is 0 Å². The molecule has 1 unspecified atom stereocenters. The Hall–Kier alpha value is -1.82. The Morgan fingerprint density at radius 1 is 1.14 bits per heavy atom. The van der Waals surface area contributed by atoms with Gasteiger partial charge in [0.1, 0.15) is 0 Å². The standard InChI is InChI=1S/C15H18F3N3/c1-3-5-19-15(11-8-20-21(4-2)9-11)10-6-12(16)14(18)13(17)7-10/h6-9,15,19H,3-5H2,1-2H3. The molecule has 2 rings (SSSR count). The van der Waals surface area contributed by atoms with E-state index in [1.807, 2.05) is 20.0 Å². The van der Waals surface area contributed by atoms with Gasteiger partial charge in [-0.25, -0.2) is 13.2 Å². The van der Waals surface area contributed by atoms with Crippen molar-refractivity contribution in [2.24, 2.45) is 0 Å². The van der Waals surface area contributed by atoms with Crippen molar-refractivity contribution < 1.29 is 13.2 Å². The van der Waals surface area contributed by atoms with Gasteiger partial charge in [0.2, 0.25) is 0 Å². The van der Waals surface area contributed by atoms with E-state index in [-0.39, 0.29) is 0 Å². The monoisotopic (exact) mass is 297 g/mol. The van der Waals surface area contributed by atoms with Gasteiger partial charge in [-0.3, -0.25) is 4.68 Å². The minimum atomic E-state index is -1.45. The van der Waals surface area contributed by atoms with E-state index >= 15 is 0 Å². The van der Waals surface area contributed by atoms with Crippen LogP contribution in [-0.2, 0) is 6.54 Å². The predicted molar refractivity (Wildman–Crippen MR) is 74.4 cm³/mol. The summed E-state index contributed by atoms with van der Waals surface area (Å²) in [7, 11) is 0. The van der Waals surface area contributed by atoms with Gasteiger partial charge in [-0.05, 0) is 37.6 Å². The highest BCUT2D eigenvalue weighted by Crippen LogP contribution is 2.25. The lowest BCUT2D eigenvalue weighted by Gasteiger charge is -2.18. The number of halogens is 3. The molecule has 0 saturated carbocycles. The molecule has 3 nitrogen and oxygen atoms in total. The van der Waals surface area contributed by atoms with E-state index < -0.39 is 23.5 Å². The maximum Gasteiger partial charge on any atom is 0.194 e. The molecule has 0 bridgehead atoms. The maximum atomic E-state index is 13.4. The second-order valence-electron chi connectivity index (χ2n) is 4.82. The van der Waals surface area contributed by atoms with Crippen LogP contribution in [0.1, 0.15) is 37.4 Å². The predicted octanol–water partition coefficient (Wildman–Crippen LogP) is 3.41. The molecule has 0 aliphatic heterocycles. The number of hydrogen-bond donors (Lipinski definition) is 1. The minimum absolute atomic E-state index is 0.343. The summed E-state index contributed by atoms with van der Waals surface area (Å²) < 4.78 is 41.7. The second kappa shape index (κ2) is 6.76. The summed E-state index contributed by atoms with van der Waals surface area (Å²) >= 11 is 0. The number of nitrogens with one attached hydrogen (secondary N) is 1. The van der Waals surface area contributed by atoms with Gasteiger partial charge in [-0.2, -0.15) is 5.10 Å². The lowest BCUT2D eigenvalue weighted by molar-refractivity contribution is 0.442. The normalized spacial score (nSPS) is 12.6. The molecule has 1 aromatic carbocycles. The molecule has 1 N–H and O–H groups in total. The van der Waals surface area contributed by atoms with Crippen molar-refractivity contribution in [3.63, 3.8) is 0 Å². The first kappa shape index (κ1) is 15.6. The SMILES string of the molecule is CCCNC(c1cc(F)c(F)c(F)c1)c1cnn(CC)c1. The third-order valence-corrected chi connectivity index (χ3v) is 3.25. The van der Waals surface area contributed by atoms with Gasteiger partial charge in [0.15, 0.2) is 17.5 Å². The van der Waals surface area contributed by atoms with E-state index in [0.29, 0.717) is 18.7 Å². The third-order valence-electron chi connectivity index (χ3n) is 3.25. The van der Waals surface area contributed by atoms with Crippen LogP contribution in [0.15, 0.2) is 24.5 Å². The maximum absolute atomic E-state index is 13.4. The summed E-state index contributed by atoms with van der Waals surface area (Å²) in [5.74, 6) is -3.82. The Morgan fingerprint density at radius 3 is 2.33 bits per heavy atom. The summed E-state index contributed by atoms with van der Waals surface area (Å²) in [4.78, 5) is 0. The topological polar surface area (TPSA) is 29.9 Å². The fourth-order valence-corrected chi connectivity index (χ4v) is 2.16. The van der Waals surface area contributed by atoms with Crippen LogP contribution in [0, 0.1) is 17.5 Å². The number of aromatic nitrogens is 2. The van der Waals surface area contributed by atoms with Gasteiger partial charge in [0, 0.05) is 18.3 Å². The van der Waals surface area contributed by atoms with E-state index in [1.165, 1.54) is 0 Å². The molecule has 0 spiro atoms. The van der Waals surface area contributed by atoms with Crippen LogP contribution in [0.4, 0.5) is 13.2 Å². The molecule has 0 amide bonds. The van der Waals surface area contributed by atoms with E-state index in [1.54, 1.807) is 10.9 Å². The fourth-order valence-electron chi connectivity index (χ4n) is 2.16. The summed E-state index contributed by atoms with van der Waals surface area (Å²) in [6.45, 7) is 5.31. The number of rotatable bonds is 6. The first-order chi connectivity index (χ1) is 10.1. The van der Waals surface area contributed by atoms with Crippen molar-refractivity contribution in [3.05, 3.63) is 53.1 Å². The molecule has 6 heteroatoms. The Labute approximate surface area is 121 Å². The van der Waals surface area contributed by atoms with Gasteiger partial charge in [-0.1, -0.05) is 6.92 Å². The van der Waals surface area contributed by atoms with Crippen LogP contribution in [0.5, 0.6) is 0 Å². The van der Waals surface area contributed by atoms with Gasteiger partial charge >= 0.3 is 0 Å². The van der Waals surface area contributed by atoms with Crippen molar-refractivity contribution in [1.29, 1.82) is 0 Å². The van der Waals surface area contributed by atoms with Gasteiger partial charge in [0.25, 0.3) is 0 Å². The van der Waals surface area contributed by atoms with Crippen molar-refractivity contribution in [2.45, 2.75) is 32.9 Å². The van der Waals surface area contributed by atoms with Crippen molar-refractivity contribution in [2.75, 3.05) is 6.54 Å². The largest absolute Gasteiger partial charge is 0.306 e. The first-order valence-electron chi connectivity index (χ1n) is 6.97. The first-order valence-corrected chi connectivity index (χ1v) is 6.97. The Balaban J connectivity index is 2.39. The number of aryl methyl sites for hydroxylation is 1. The lowest BCUT2D eigenvalue weighted by atomic mass is 10.0. The van der Waals surface area contributed by atoms with Crippen molar-refractivity contribution in [3.8, 4) is 0 Å². The fraction of sp³-hybridized carbons (Fsp3) is 0.400. The molecule has 0 fully saturated rings. The zero-order valence-corrected chi connectivity index (χ0v) is 12.0. The molecule has 1 aromatic heterocycles. The Bertz CT molecular complexity index is 587. The van der Waals surface area contributed by atoms with E-state index in [9.17, 15) is 13.2 Å². The molecule has 114 valence electrons. The Kier molecular flexibility index (Phi) is 5.01. The average molecular weight is 297 g/mol. The highest BCUT2D eigenvalue weighted by atomic mass is 19.2. The highest BCUT2D eigenvalue weighted by Gasteiger charge is 2.19. The summed E-state index contributed by atoms with van der Waals surface area (Å²) in [5, 5.41) is 7.37. The molecular formula is C15H18F3N3. The molecule has 1 atom stereocenters. The van der Waals surface area contributed by atoms with E-state index in [0.717, 1.165) is 24.1 Å². The van der Waals surface area contributed by atoms with Crippen LogP contribution in [0.25, 0.3) is 0 Å². The smallest absolute Gasteiger partial charge is 0.194 e. The average Bonchev–Trinajstić information content (AvgIpc) is 2.94. The Morgan fingerprint density at radius 2 is 1.81 bits per heavy atom. The molecule has 0 aliphatic carbocycles. The van der Waals surface area contributed by atoms with Crippen LogP contribution in [0.2, 0.25) is 0 Å². The number of benzene rings is 1. The van der Waals surface area contributed by atoms with Gasteiger partial charge in [0.05, 0.1) is 12.2 Å². The van der Waals surface area contributed by atoms with Crippen LogP contribution in [0.3, 0.4) is 0 Å². The van der Waals surface area contributed by atoms with Crippen LogP contribution < -0.4 is 5.32 Å². The lowest BCUT2D eigenvalue weighted by Crippen LogP contribution is -2.23. The van der Waals surface area contributed by atoms with E-state index in [4.69, 9.17) is 0 Å². The van der Waals surface area contributed by atoms with E-state index in [2.05, 4.69) is 10.4 Å². The van der Waals surface area contributed by atoms with Crippen LogP contribution in [-0.4, -0.2) is 16.3 Å². The molecule has 2 aromatic rings. The quantitative estimate of drug-likeness (QED) is 0.828. The molecule has 0 aliphatic rings. The molecule has 1 heterocycles. The van der Waals surface area contributed by atoms with Gasteiger partial charge in [-0.15, -0.1) is 0 Å². The second-order valence-corrected chi connectivity index (χ2v) is 4.82. The molecule has 0 saturated heterocycles. The van der Waals surface area contributed by atoms with Crippen LogP contribution >= 0.6 is 0 Å². The highest BCUT2D eigenvalue weighted by molar-refractivity contribution is 5.30. The van der Waals surface area contributed by atoms with Crippen molar-refractivity contribution in [1.82, 2.24) is 15.1 Å². The zero-order chi connectivity index (χ0) is 15.4. The third kappa shape index (κ3) is 3.44. The number of nitrogens with zero attached hydrogens (tertiary/aromatic N) is 2. The molecule has 0 radical (unpaired) electrons. The zero-order valence-electron chi connectivity index (χ0n) is 12.0. The van der Waals surface area contributed by atoms with Gasteiger partial charge < -0.3 is 5.32 Å². The number of hydrogen-bond acceptors (Lipinski definition) is 2. The minimum Gasteiger partial charge on any atom is -0.306 e. The summed E-state index contributed by atoms with van der Waals surface area (Å²) in [5.41, 5.74) is 1.13. The summed E-state index contributed by atoms with van der Waals surface area (Å²) in [6.07, 6.45) is 4.33.